The number of aromatic nitrogens is 1. The van der Waals surface area contributed by atoms with E-state index in [-0.39, 0.29) is 0 Å². The van der Waals surface area contributed by atoms with Gasteiger partial charge in [-0.3, -0.25) is 0 Å². The first-order valence-corrected chi connectivity index (χ1v) is 12.0. The molecule has 0 spiro atoms. The Kier molecular flexibility index (Phi) is 5.87. The van der Waals surface area contributed by atoms with Crippen molar-refractivity contribution in [3.63, 3.8) is 0 Å². The van der Waals surface area contributed by atoms with Gasteiger partial charge < -0.3 is 14.8 Å². The predicted molar refractivity (Wildman–Crippen MR) is 131 cm³/mol. The molecule has 3 nitrogen and oxygen atoms in total. The van der Waals surface area contributed by atoms with Gasteiger partial charge in [0.25, 0.3) is 0 Å². The Morgan fingerprint density at radius 1 is 1.03 bits per heavy atom. The first-order valence-electron chi connectivity index (χ1n) is 12.0. The van der Waals surface area contributed by atoms with E-state index in [1.165, 1.54) is 56.1 Å². The molecule has 0 amide bonds. The molecule has 5 rings (SSSR count). The molecule has 1 fully saturated rings. The molecular weight excluding hydrogens is 378 g/mol. The zero-order chi connectivity index (χ0) is 21.2. The van der Waals surface area contributed by atoms with E-state index in [9.17, 15) is 0 Å². The molecule has 0 bridgehead atoms. The Morgan fingerprint density at radius 3 is 2.55 bits per heavy atom. The smallest absolute Gasteiger partial charge is 0.0622 e. The highest BCUT2D eigenvalue weighted by Crippen LogP contribution is 2.29. The summed E-state index contributed by atoms with van der Waals surface area (Å²) in [6.45, 7) is 11.3. The van der Waals surface area contributed by atoms with Crippen molar-refractivity contribution >= 4 is 16.6 Å². The van der Waals surface area contributed by atoms with Crippen molar-refractivity contribution in [3.8, 4) is 0 Å². The molecule has 1 aromatic heterocycles. The zero-order valence-electron chi connectivity index (χ0n) is 18.8. The molecule has 1 atom stereocenters. The summed E-state index contributed by atoms with van der Waals surface area (Å²) in [4.78, 5) is 8.80. The van der Waals surface area contributed by atoms with E-state index in [1.807, 2.05) is 0 Å². The third-order valence-corrected chi connectivity index (χ3v) is 7.57. The fraction of sp³-hybridized carbons (Fsp3) is 0.429. The van der Waals surface area contributed by atoms with E-state index >= 15 is 0 Å². The second-order valence-electron chi connectivity index (χ2n) is 9.40. The Labute approximate surface area is 186 Å². The van der Waals surface area contributed by atoms with Crippen LogP contribution in [0.3, 0.4) is 0 Å². The van der Waals surface area contributed by atoms with Crippen LogP contribution in [0.1, 0.15) is 43.0 Å². The highest BCUT2D eigenvalue weighted by Gasteiger charge is 2.28. The van der Waals surface area contributed by atoms with Gasteiger partial charge in [0, 0.05) is 30.0 Å². The lowest BCUT2D eigenvalue weighted by atomic mass is 9.86. The number of nitrogens with zero attached hydrogens (tertiary/aromatic N) is 2. The van der Waals surface area contributed by atoms with Crippen LogP contribution in [0.2, 0.25) is 0 Å². The third-order valence-electron chi connectivity index (χ3n) is 7.57. The number of piperidine rings is 1. The summed E-state index contributed by atoms with van der Waals surface area (Å²) >= 11 is 0. The van der Waals surface area contributed by atoms with Crippen LogP contribution in [0.15, 0.2) is 61.2 Å². The summed E-state index contributed by atoms with van der Waals surface area (Å²) in [6, 6.07) is 20.5. The molecule has 2 aromatic carbocycles. The van der Waals surface area contributed by atoms with Gasteiger partial charge in [-0.1, -0.05) is 49.0 Å². The summed E-state index contributed by atoms with van der Waals surface area (Å²) in [5.74, 6) is 0.758. The minimum Gasteiger partial charge on any atom is -0.370 e. The molecule has 2 heterocycles. The Balaban J connectivity index is 1.17. The van der Waals surface area contributed by atoms with E-state index < -0.39 is 0 Å². The number of hydrogen-bond donors (Lipinski definition) is 1. The monoisotopic (exact) mass is 413 g/mol. The van der Waals surface area contributed by atoms with E-state index in [2.05, 4.69) is 82.9 Å². The van der Waals surface area contributed by atoms with Gasteiger partial charge in [-0.05, 0) is 81.3 Å². The second-order valence-corrected chi connectivity index (χ2v) is 9.40. The second kappa shape index (κ2) is 8.92. The van der Waals surface area contributed by atoms with Crippen molar-refractivity contribution < 1.29 is 0 Å². The zero-order valence-corrected chi connectivity index (χ0v) is 18.8. The normalized spacial score (nSPS) is 20.0. The lowest BCUT2D eigenvalue weighted by Gasteiger charge is -2.41. The number of fused-ring (bicyclic) bond motifs is 2. The van der Waals surface area contributed by atoms with Crippen LogP contribution in [0.5, 0.6) is 0 Å². The van der Waals surface area contributed by atoms with Crippen molar-refractivity contribution in [2.75, 3.05) is 26.2 Å². The van der Waals surface area contributed by atoms with Crippen LogP contribution < -0.4 is 0 Å². The number of rotatable bonds is 6. The number of para-hydroxylation sites is 1. The van der Waals surface area contributed by atoms with Crippen molar-refractivity contribution in [3.05, 3.63) is 78.0 Å². The quantitative estimate of drug-likeness (QED) is 0.557. The minimum absolute atomic E-state index is 0.736. The Morgan fingerprint density at radius 2 is 1.77 bits per heavy atom. The molecule has 31 heavy (non-hydrogen) atoms. The van der Waals surface area contributed by atoms with Crippen LogP contribution in [0, 0.1) is 5.92 Å². The molecule has 162 valence electrons. The molecule has 1 saturated heterocycles. The third kappa shape index (κ3) is 4.29. The van der Waals surface area contributed by atoms with E-state index in [0.29, 0.717) is 0 Å². The lowest BCUT2D eigenvalue weighted by molar-refractivity contribution is 0.112. The van der Waals surface area contributed by atoms with Gasteiger partial charge in [0.1, 0.15) is 0 Å². The van der Waals surface area contributed by atoms with E-state index in [1.54, 1.807) is 11.1 Å². The van der Waals surface area contributed by atoms with E-state index in [0.717, 1.165) is 36.4 Å². The average Bonchev–Trinajstić information content (AvgIpc) is 3.26. The van der Waals surface area contributed by atoms with Crippen molar-refractivity contribution in [1.82, 2.24) is 14.8 Å². The summed E-state index contributed by atoms with van der Waals surface area (Å²) in [6.07, 6.45) is 6.40. The molecule has 3 aromatic rings. The van der Waals surface area contributed by atoms with Crippen molar-refractivity contribution in [2.24, 2.45) is 5.92 Å². The number of aromatic amines is 1. The van der Waals surface area contributed by atoms with Crippen LogP contribution in [0.25, 0.3) is 16.6 Å². The molecule has 1 aliphatic heterocycles. The van der Waals surface area contributed by atoms with Crippen LogP contribution in [0.4, 0.5) is 0 Å². The fourth-order valence-corrected chi connectivity index (χ4v) is 5.63. The SMILES string of the molecule is C=C(c1cc2ccccc2[nH]1)N(CC)CC1CCN(C2CCc3ccccc3C2)CC1. The van der Waals surface area contributed by atoms with Gasteiger partial charge in [-0.15, -0.1) is 0 Å². The summed E-state index contributed by atoms with van der Waals surface area (Å²) in [7, 11) is 0. The average molecular weight is 414 g/mol. The number of H-pyrrole nitrogens is 1. The van der Waals surface area contributed by atoms with Crippen LogP contribution >= 0.6 is 0 Å². The summed E-state index contributed by atoms with van der Waals surface area (Å²) in [5, 5.41) is 1.26. The number of aryl methyl sites for hydroxylation is 1. The first kappa shape index (κ1) is 20.4. The predicted octanol–water partition coefficient (Wildman–Crippen LogP) is 5.73. The maximum absolute atomic E-state index is 4.45. The standard InChI is InChI=1S/C28H35N3/c1-3-30(21(2)28-19-25-10-6-7-11-27(25)29-28)20-22-14-16-31(17-15-22)26-13-12-23-8-4-5-9-24(23)18-26/h4-11,19,22,26,29H,2-3,12-18,20H2,1H3. The van der Waals surface area contributed by atoms with Crippen molar-refractivity contribution in [1.29, 1.82) is 0 Å². The number of hydrogen-bond acceptors (Lipinski definition) is 2. The molecule has 3 heteroatoms. The van der Waals surface area contributed by atoms with Crippen LogP contribution in [-0.4, -0.2) is 47.0 Å². The fourth-order valence-electron chi connectivity index (χ4n) is 5.63. The number of benzene rings is 2. The topological polar surface area (TPSA) is 22.3 Å². The van der Waals surface area contributed by atoms with E-state index in [4.69, 9.17) is 0 Å². The first-order chi connectivity index (χ1) is 15.2. The highest BCUT2D eigenvalue weighted by atomic mass is 15.2. The van der Waals surface area contributed by atoms with Gasteiger partial charge in [0.15, 0.2) is 0 Å². The van der Waals surface area contributed by atoms with Gasteiger partial charge in [-0.2, -0.15) is 0 Å². The maximum Gasteiger partial charge on any atom is 0.0622 e. The van der Waals surface area contributed by atoms with Crippen LogP contribution in [-0.2, 0) is 12.8 Å². The lowest BCUT2D eigenvalue weighted by Crippen LogP contribution is -2.45. The molecule has 1 N–H and O–H groups in total. The largest absolute Gasteiger partial charge is 0.370 e. The summed E-state index contributed by atoms with van der Waals surface area (Å²) in [5.41, 5.74) is 6.62. The molecule has 2 aliphatic rings. The van der Waals surface area contributed by atoms with Crippen molar-refractivity contribution in [2.45, 2.75) is 45.1 Å². The maximum atomic E-state index is 4.45. The summed E-state index contributed by atoms with van der Waals surface area (Å²) < 4.78 is 0. The molecule has 1 unspecified atom stereocenters. The van der Waals surface area contributed by atoms with Gasteiger partial charge in [0.05, 0.1) is 11.4 Å². The highest BCUT2D eigenvalue weighted by molar-refractivity contribution is 5.84. The minimum atomic E-state index is 0.736. The van der Waals surface area contributed by atoms with Gasteiger partial charge in [0.2, 0.25) is 0 Å². The van der Waals surface area contributed by atoms with Gasteiger partial charge >= 0.3 is 0 Å². The number of nitrogens with one attached hydrogen (secondary N) is 1. The Hall–Kier alpha value is -2.52. The molecule has 0 radical (unpaired) electrons. The Bertz CT molecular complexity index is 1010. The molecule has 0 saturated carbocycles. The van der Waals surface area contributed by atoms with Gasteiger partial charge in [-0.25, -0.2) is 0 Å². The number of likely N-dealkylation sites (tertiary alicyclic amines) is 1. The molecular formula is C28H35N3. The molecule has 1 aliphatic carbocycles.